The van der Waals surface area contributed by atoms with E-state index < -0.39 is 10.8 Å². The topological polar surface area (TPSA) is 112 Å². The summed E-state index contributed by atoms with van der Waals surface area (Å²) >= 11 is 5.80. The number of nitro benzene ring substituents is 1. The van der Waals surface area contributed by atoms with Crippen LogP contribution in [0, 0.1) is 22.0 Å². The van der Waals surface area contributed by atoms with Crippen molar-refractivity contribution in [2.75, 3.05) is 5.73 Å². The minimum Gasteiger partial charge on any atom is -0.393 e. The van der Waals surface area contributed by atoms with Gasteiger partial charge in [0, 0.05) is 6.07 Å². The molecule has 6 nitrogen and oxygen atoms in total. The van der Waals surface area contributed by atoms with Crippen LogP contribution in [0.5, 0.6) is 0 Å². The number of anilines is 1. The molecule has 0 aliphatic rings. The number of primary amides is 1. The van der Waals surface area contributed by atoms with Gasteiger partial charge in [0.1, 0.15) is 5.69 Å². The van der Waals surface area contributed by atoms with E-state index in [1.54, 1.807) is 0 Å². The van der Waals surface area contributed by atoms with Crippen LogP contribution in [0.3, 0.4) is 0 Å². The van der Waals surface area contributed by atoms with E-state index in [1.807, 2.05) is 0 Å². The van der Waals surface area contributed by atoms with Crippen molar-refractivity contribution >= 4 is 28.9 Å². The Labute approximate surface area is 102 Å². The Bertz CT molecular complexity index is 546. The predicted molar refractivity (Wildman–Crippen MR) is 63.2 cm³/mol. The smallest absolute Gasteiger partial charge is 0.293 e. The number of nitrogen functional groups attached to an aromatic ring is 1. The molecule has 0 saturated heterocycles. The quantitative estimate of drug-likeness (QED) is 0.355. The van der Waals surface area contributed by atoms with Crippen LogP contribution in [-0.2, 0) is 4.79 Å². The summed E-state index contributed by atoms with van der Waals surface area (Å²) in [4.78, 5) is 20.5. The number of nitro groups is 1. The van der Waals surface area contributed by atoms with Crippen molar-refractivity contribution in [1.29, 1.82) is 0 Å². The van der Waals surface area contributed by atoms with E-state index in [9.17, 15) is 14.9 Å². The van der Waals surface area contributed by atoms with E-state index in [-0.39, 0.29) is 28.4 Å². The molecule has 0 fully saturated rings. The van der Waals surface area contributed by atoms with Gasteiger partial charge in [-0.05, 0) is 6.07 Å². The average Bonchev–Trinajstić information content (AvgIpc) is 2.20. The second-order valence-electron chi connectivity index (χ2n) is 3.09. The van der Waals surface area contributed by atoms with Crippen molar-refractivity contribution in [2.24, 2.45) is 5.73 Å². The van der Waals surface area contributed by atoms with Crippen molar-refractivity contribution < 1.29 is 9.72 Å². The van der Waals surface area contributed by atoms with Crippen LogP contribution in [-0.4, -0.2) is 10.8 Å². The van der Waals surface area contributed by atoms with Crippen LogP contribution < -0.4 is 11.5 Å². The van der Waals surface area contributed by atoms with E-state index in [2.05, 4.69) is 11.8 Å². The third-order valence-electron chi connectivity index (χ3n) is 1.80. The lowest BCUT2D eigenvalue weighted by Crippen LogP contribution is -2.08. The van der Waals surface area contributed by atoms with Crippen LogP contribution in [0.25, 0.3) is 0 Å². The summed E-state index contributed by atoms with van der Waals surface area (Å²) in [5.74, 6) is 4.39. The highest BCUT2D eigenvalue weighted by Crippen LogP contribution is 2.28. The first kappa shape index (κ1) is 12.8. The maximum absolute atomic E-state index is 10.6. The van der Waals surface area contributed by atoms with Crippen LogP contribution in [0.15, 0.2) is 12.1 Å². The summed E-state index contributed by atoms with van der Waals surface area (Å²) in [6.45, 7) is 0. The van der Waals surface area contributed by atoms with E-state index in [4.69, 9.17) is 23.1 Å². The van der Waals surface area contributed by atoms with Gasteiger partial charge in [-0.1, -0.05) is 23.4 Å². The van der Waals surface area contributed by atoms with Gasteiger partial charge < -0.3 is 11.5 Å². The van der Waals surface area contributed by atoms with Gasteiger partial charge in [0.2, 0.25) is 5.91 Å². The molecule has 0 radical (unpaired) electrons. The third kappa shape index (κ3) is 3.36. The first-order valence-corrected chi connectivity index (χ1v) is 4.80. The minimum absolute atomic E-state index is 0.0412. The molecule has 0 saturated carbocycles. The molecule has 17 heavy (non-hydrogen) atoms. The van der Waals surface area contributed by atoms with Gasteiger partial charge in [-0.15, -0.1) is 0 Å². The second-order valence-corrected chi connectivity index (χ2v) is 3.50. The minimum atomic E-state index is -0.634. The van der Waals surface area contributed by atoms with Gasteiger partial charge in [-0.2, -0.15) is 0 Å². The Morgan fingerprint density at radius 3 is 2.71 bits per heavy atom. The number of nitrogens with two attached hydrogens (primary N) is 2. The second kappa shape index (κ2) is 5.18. The zero-order valence-corrected chi connectivity index (χ0v) is 9.32. The number of halogens is 1. The van der Waals surface area contributed by atoms with Gasteiger partial charge in [0.05, 0.1) is 21.9 Å². The van der Waals surface area contributed by atoms with E-state index in [0.29, 0.717) is 0 Å². The van der Waals surface area contributed by atoms with E-state index >= 15 is 0 Å². The van der Waals surface area contributed by atoms with Gasteiger partial charge in [-0.3, -0.25) is 14.9 Å². The van der Waals surface area contributed by atoms with E-state index in [1.165, 1.54) is 6.07 Å². The van der Waals surface area contributed by atoms with Gasteiger partial charge in [-0.25, -0.2) is 0 Å². The van der Waals surface area contributed by atoms with Crippen LogP contribution in [0.1, 0.15) is 12.0 Å². The molecule has 0 spiro atoms. The number of nitrogens with zero attached hydrogens (tertiary/aromatic N) is 1. The number of rotatable bonds is 2. The summed E-state index contributed by atoms with van der Waals surface area (Å²) in [6, 6.07) is 2.40. The molecule has 1 aromatic carbocycles. The molecule has 7 heteroatoms. The van der Waals surface area contributed by atoms with Crippen molar-refractivity contribution in [3.8, 4) is 11.8 Å². The predicted octanol–water partition coefficient (Wildman–Crippen LogP) is 1.06. The van der Waals surface area contributed by atoms with E-state index in [0.717, 1.165) is 6.07 Å². The molecule has 0 aromatic heterocycles. The Hall–Kier alpha value is -2.26. The van der Waals surface area contributed by atoms with Crippen molar-refractivity contribution in [2.45, 2.75) is 6.42 Å². The fraction of sp³-hybridized carbons (Fsp3) is 0.100. The summed E-state index contributed by atoms with van der Waals surface area (Å²) in [7, 11) is 0. The first-order chi connectivity index (χ1) is 7.91. The maximum Gasteiger partial charge on any atom is 0.293 e. The number of amides is 1. The molecule has 0 bridgehead atoms. The SMILES string of the molecule is NC(=O)CC#Cc1cc([N+](=O)[O-])c(N)cc1Cl. The summed E-state index contributed by atoms with van der Waals surface area (Å²) < 4.78 is 0. The molecule has 1 rings (SSSR count). The number of hydrogen-bond donors (Lipinski definition) is 2. The molecule has 1 amide bonds. The van der Waals surface area contributed by atoms with Gasteiger partial charge in [0.15, 0.2) is 0 Å². The fourth-order valence-electron chi connectivity index (χ4n) is 1.06. The highest BCUT2D eigenvalue weighted by atomic mass is 35.5. The molecular formula is C10H8ClN3O3. The number of carbonyl (C=O) groups is 1. The highest BCUT2D eigenvalue weighted by Gasteiger charge is 2.14. The van der Waals surface area contributed by atoms with Crippen molar-refractivity contribution in [3.05, 3.63) is 32.8 Å². The Balaban J connectivity index is 3.15. The molecule has 1 aromatic rings. The van der Waals surface area contributed by atoms with Crippen LogP contribution >= 0.6 is 11.6 Å². The van der Waals surface area contributed by atoms with Crippen LogP contribution in [0.2, 0.25) is 5.02 Å². The molecule has 4 N–H and O–H groups in total. The lowest BCUT2D eigenvalue weighted by atomic mass is 10.1. The lowest BCUT2D eigenvalue weighted by molar-refractivity contribution is -0.383. The molecule has 0 atom stereocenters. The van der Waals surface area contributed by atoms with Gasteiger partial charge in [0.25, 0.3) is 5.69 Å². The highest BCUT2D eigenvalue weighted by molar-refractivity contribution is 6.32. The van der Waals surface area contributed by atoms with Crippen molar-refractivity contribution in [3.63, 3.8) is 0 Å². The standard InChI is InChI=1S/C10H8ClN3O3/c11-7-5-8(12)9(14(16)17)4-6(7)2-1-3-10(13)15/h4-5H,3,12H2,(H2,13,15). The van der Waals surface area contributed by atoms with Crippen LogP contribution in [0.4, 0.5) is 11.4 Å². The molecule has 0 heterocycles. The molecule has 0 aliphatic carbocycles. The summed E-state index contributed by atoms with van der Waals surface area (Å²) in [5, 5.41) is 10.8. The number of carbonyl (C=O) groups excluding carboxylic acids is 1. The largest absolute Gasteiger partial charge is 0.393 e. The summed E-state index contributed by atoms with van der Waals surface area (Å²) in [5.41, 5.74) is 10.2. The normalized spacial score (nSPS) is 9.24. The van der Waals surface area contributed by atoms with Gasteiger partial charge >= 0.3 is 0 Å². The first-order valence-electron chi connectivity index (χ1n) is 4.42. The molecule has 0 unspecified atom stereocenters. The lowest BCUT2D eigenvalue weighted by Gasteiger charge is -2.00. The third-order valence-corrected chi connectivity index (χ3v) is 2.11. The molecule has 0 aliphatic heterocycles. The monoisotopic (exact) mass is 253 g/mol. The maximum atomic E-state index is 10.6. The Morgan fingerprint density at radius 1 is 1.53 bits per heavy atom. The molecular weight excluding hydrogens is 246 g/mol. The average molecular weight is 254 g/mol. The summed E-state index contributed by atoms with van der Waals surface area (Å²) in [6.07, 6.45) is -0.144. The number of hydrogen-bond acceptors (Lipinski definition) is 4. The molecule has 88 valence electrons. The zero-order chi connectivity index (χ0) is 13.0. The number of benzene rings is 1. The Morgan fingerprint density at radius 2 is 2.18 bits per heavy atom. The Kier molecular flexibility index (Phi) is 3.91. The zero-order valence-electron chi connectivity index (χ0n) is 8.57. The fourth-order valence-corrected chi connectivity index (χ4v) is 1.28. The van der Waals surface area contributed by atoms with Crippen molar-refractivity contribution in [1.82, 2.24) is 0 Å².